The number of carbonyl (C=O) groups excluding carboxylic acids is 1. The van der Waals surface area contributed by atoms with Gasteiger partial charge >= 0.3 is 0 Å². The predicted octanol–water partition coefficient (Wildman–Crippen LogP) is 3.21. The van der Waals surface area contributed by atoms with Crippen LogP contribution in [0.5, 0.6) is 0 Å². The summed E-state index contributed by atoms with van der Waals surface area (Å²) in [5, 5.41) is 6.23. The van der Waals surface area contributed by atoms with Gasteiger partial charge in [-0.3, -0.25) is 9.78 Å². The Labute approximate surface area is 116 Å². The summed E-state index contributed by atoms with van der Waals surface area (Å²) in [6.45, 7) is 8.99. The molecule has 0 aliphatic heterocycles. The molecule has 1 rings (SSSR count). The van der Waals surface area contributed by atoms with Gasteiger partial charge in [-0.05, 0) is 33.3 Å². The summed E-state index contributed by atoms with van der Waals surface area (Å²) >= 11 is 0. The van der Waals surface area contributed by atoms with E-state index in [1.165, 1.54) is 12.8 Å². The maximum atomic E-state index is 12.0. The number of rotatable bonds is 6. The number of hydrogen-bond donors (Lipinski definition) is 2. The van der Waals surface area contributed by atoms with E-state index in [1.54, 1.807) is 12.4 Å². The quantitative estimate of drug-likeness (QED) is 0.775. The van der Waals surface area contributed by atoms with Gasteiger partial charge in [0.25, 0.3) is 5.91 Å². The third-order valence-electron chi connectivity index (χ3n) is 2.60. The number of pyridine rings is 1. The fourth-order valence-corrected chi connectivity index (χ4v) is 1.68. The number of nitrogens with one attached hydrogen (secondary N) is 2. The monoisotopic (exact) mass is 263 g/mol. The lowest BCUT2D eigenvalue weighted by molar-refractivity contribution is 0.0919. The fraction of sp³-hybridized carbons (Fsp3) is 0.600. The molecule has 0 radical (unpaired) electrons. The first kappa shape index (κ1) is 15.5. The summed E-state index contributed by atoms with van der Waals surface area (Å²) < 4.78 is 0. The number of carbonyl (C=O) groups is 1. The van der Waals surface area contributed by atoms with Crippen molar-refractivity contribution in [1.82, 2.24) is 10.3 Å². The van der Waals surface area contributed by atoms with Gasteiger partial charge in [0.1, 0.15) is 0 Å². The van der Waals surface area contributed by atoms with Crippen molar-refractivity contribution in [3.05, 3.63) is 24.0 Å². The van der Waals surface area contributed by atoms with Gasteiger partial charge < -0.3 is 10.6 Å². The van der Waals surface area contributed by atoms with Gasteiger partial charge in [0.2, 0.25) is 0 Å². The third kappa shape index (κ3) is 6.22. The minimum atomic E-state index is -0.234. The Morgan fingerprint density at radius 3 is 2.63 bits per heavy atom. The van der Waals surface area contributed by atoms with Gasteiger partial charge in [-0.2, -0.15) is 0 Å². The van der Waals surface area contributed by atoms with E-state index < -0.39 is 0 Å². The molecule has 0 saturated carbocycles. The van der Waals surface area contributed by atoms with Crippen molar-refractivity contribution in [2.45, 2.75) is 52.5 Å². The van der Waals surface area contributed by atoms with E-state index in [0.717, 1.165) is 18.7 Å². The summed E-state index contributed by atoms with van der Waals surface area (Å²) in [7, 11) is 0. The Morgan fingerprint density at radius 1 is 1.26 bits per heavy atom. The highest BCUT2D eigenvalue weighted by Crippen LogP contribution is 2.10. The van der Waals surface area contributed by atoms with Crippen LogP contribution in [0.25, 0.3) is 0 Å². The van der Waals surface area contributed by atoms with Crippen LogP contribution in [0.1, 0.15) is 57.3 Å². The van der Waals surface area contributed by atoms with Crippen LogP contribution in [-0.2, 0) is 0 Å². The van der Waals surface area contributed by atoms with E-state index in [9.17, 15) is 4.79 Å². The van der Waals surface area contributed by atoms with E-state index in [1.807, 2.05) is 26.8 Å². The average molecular weight is 263 g/mol. The first-order valence-corrected chi connectivity index (χ1v) is 6.94. The molecule has 106 valence electrons. The molecule has 1 heterocycles. The lowest BCUT2D eigenvalue weighted by Crippen LogP contribution is -2.40. The normalized spacial score (nSPS) is 11.2. The Kier molecular flexibility index (Phi) is 5.80. The molecule has 19 heavy (non-hydrogen) atoms. The van der Waals surface area contributed by atoms with E-state index in [0.29, 0.717) is 5.56 Å². The SMILES string of the molecule is CCCCCNc1cncc(C(=O)NC(C)(C)C)c1. The highest BCUT2D eigenvalue weighted by molar-refractivity contribution is 5.95. The minimum absolute atomic E-state index is 0.0859. The molecule has 0 bridgehead atoms. The number of nitrogens with zero attached hydrogens (tertiary/aromatic N) is 1. The largest absolute Gasteiger partial charge is 0.384 e. The van der Waals surface area contributed by atoms with Crippen molar-refractivity contribution in [1.29, 1.82) is 0 Å². The van der Waals surface area contributed by atoms with Gasteiger partial charge in [-0.15, -0.1) is 0 Å². The van der Waals surface area contributed by atoms with Crippen LogP contribution in [0, 0.1) is 0 Å². The van der Waals surface area contributed by atoms with Crippen molar-refractivity contribution < 1.29 is 4.79 Å². The van der Waals surface area contributed by atoms with Gasteiger partial charge in [0.05, 0.1) is 11.3 Å². The van der Waals surface area contributed by atoms with Crippen molar-refractivity contribution >= 4 is 11.6 Å². The zero-order valence-electron chi connectivity index (χ0n) is 12.4. The van der Waals surface area contributed by atoms with E-state index in [2.05, 4.69) is 22.5 Å². The van der Waals surface area contributed by atoms with Gasteiger partial charge in [-0.25, -0.2) is 0 Å². The molecule has 0 unspecified atom stereocenters. The number of amides is 1. The highest BCUT2D eigenvalue weighted by Gasteiger charge is 2.15. The fourth-order valence-electron chi connectivity index (χ4n) is 1.68. The molecule has 0 aliphatic rings. The Bertz CT molecular complexity index is 410. The van der Waals surface area contributed by atoms with E-state index in [4.69, 9.17) is 0 Å². The smallest absolute Gasteiger partial charge is 0.253 e. The standard InChI is InChI=1S/C15H25N3O/c1-5-6-7-8-17-13-9-12(10-16-11-13)14(19)18-15(2,3)4/h9-11,17H,5-8H2,1-4H3,(H,18,19). The van der Waals surface area contributed by atoms with Crippen molar-refractivity contribution in [2.75, 3.05) is 11.9 Å². The topological polar surface area (TPSA) is 54.0 Å². The maximum absolute atomic E-state index is 12.0. The first-order chi connectivity index (χ1) is 8.92. The molecular formula is C15H25N3O. The Morgan fingerprint density at radius 2 is 2.00 bits per heavy atom. The summed E-state index contributed by atoms with van der Waals surface area (Å²) in [5.41, 5.74) is 1.26. The number of aromatic nitrogens is 1. The van der Waals surface area contributed by atoms with E-state index in [-0.39, 0.29) is 11.4 Å². The molecule has 0 saturated heterocycles. The lowest BCUT2D eigenvalue weighted by Gasteiger charge is -2.20. The maximum Gasteiger partial charge on any atom is 0.253 e. The zero-order chi connectivity index (χ0) is 14.3. The van der Waals surface area contributed by atoms with Crippen LogP contribution in [-0.4, -0.2) is 23.0 Å². The zero-order valence-corrected chi connectivity index (χ0v) is 12.4. The van der Waals surface area contributed by atoms with Crippen LogP contribution in [0.15, 0.2) is 18.5 Å². The van der Waals surface area contributed by atoms with Crippen LogP contribution in [0.4, 0.5) is 5.69 Å². The molecule has 0 aromatic carbocycles. The second-order valence-electron chi connectivity index (χ2n) is 5.80. The van der Waals surface area contributed by atoms with Crippen LogP contribution in [0.2, 0.25) is 0 Å². The predicted molar refractivity (Wildman–Crippen MR) is 79.5 cm³/mol. The second-order valence-corrected chi connectivity index (χ2v) is 5.80. The van der Waals surface area contributed by atoms with E-state index >= 15 is 0 Å². The number of anilines is 1. The molecule has 1 amide bonds. The summed E-state index contributed by atoms with van der Waals surface area (Å²) in [5.74, 6) is -0.0859. The van der Waals surface area contributed by atoms with Crippen LogP contribution in [0.3, 0.4) is 0 Å². The van der Waals surface area contributed by atoms with Crippen LogP contribution >= 0.6 is 0 Å². The molecule has 0 atom stereocenters. The number of hydrogen-bond acceptors (Lipinski definition) is 3. The molecule has 0 fully saturated rings. The average Bonchev–Trinajstić information content (AvgIpc) is 2.33. The summed E-state index contributed by atoms with van der Waals surface area (Å²) in [6.07, 6.45) is 6.89. The minimum Gasteiger partial charge on any atom is -0.384 e. The molecule has 2 N–H and O–H groups in total. The second kappa shape index (κ2) is 7.12. The summed E-state index contributed by atoms with van der Waals surface area (Å²) in [6, 6.07) is 1.85. The molecule has 0 spiro atoms. The highest BCUT2D eigenvalue weighted by atomic mass is 16.1. The first-order valence-electron chi connectivity index (χ1n) is 6.94. The Balaban J connectivity index is 2.58. The molecule has 0 aliphatic carbocycles. The summed E-state index contributed by atoms with van der Waals surface area (Å²) in [4.78, 5) is 16.1. The van der Waals surface area contributed by atoms with Crippen molar-refractivity contribution in [3.8, 4) is 0 Å². The molecule has 4 heteroatoms. The van der Waals surface area contributed by atoms with Gasteiger partial charge in [0.15, 0.2) is 0 Å². The van der Waals surface area contributed by atoms with Gasteiger partial charge in [-0.1, -0.05) is 19.8 Å². The van der Waals surface area contributed by atoms with Gasteiger partial charge in [0, 0.05) is 24.5 Å². The molecule has 1 aromatic heterocycles. The van der Waals surface area contributed by atoms with Crippen molar-refractivity contribution in [2.24, 2.45) is 0 Å². The molecule has 4 nitrogen and oxygen atoms in total. The number of unbranched alkanes of at least 4 members (excludes halogenated alkanes) is 2. The lowest BCUT2D eigenvalue weighted by atomic mass is 10.1. The van der Waals surface area contributed by atoms with Crippen LogP contribution < -0.4 is 10.6 Å². The van der Waals surface area contributed by atoms with Crippen molar-refractivity contribution in [3.63, 3.8) is 0 Å². The third-order valence-corrected chi connectivity index (χ3v) is 2.60. The molecule has 1 aromatic rings. The Hall–Kier alpha value is -1.58. The molecular weight excluding hydrogens is 238 g/mol.